The lowest BCUT2D eigenvalue weighted by Crippen LogP contribution is -2.70. The fourth-order valence-corrected chi connectivity index (χ4v) is 4.17. The Morgan fingerprint density at radius 2 is 2.15 bits per heavy atom. The minimum atomic E-state index is -1.37. The summed E-state index contributed by atoms with van der Waals surface area (Å²) in [5.74, 6) is -3.13. The standard InChI is InChI=1S/C14H14N4O7S2/c15-5-26-4-7(19)1-8(20)17-9-11(21)18-10(13(22)23)6(2-25-14(16)24)3-27-12(9)18/h9,12H,1-4H2,(H2,16,24)(H,17,20)(H,22,23)/t9?,12-/m0/s1. The van der Waals surface area contributed by atoms with Gasteiger partial charge in [0.25, 0.3) is 5.91 Å². The van der Waals surface area contributed by atoms with Gasteiger partial charge in [-0.3, -0.25) is 19.3 Å². The van der Waals surface area contributed by atoms with Crippen LogP contribution in [0.1, 0.15) is 6.42 Å². The van der Waals surface area contributed by atoms with Crippen LogP contribution in [0.25, 0.3) is 0 Å². The number of ketones is 1. The van der Waals surface area contributed by atoms with Crippen LogP contribution in [0, 0.1) is 10.7 Å². The van der Waals surface area contributed by atoms with E-state index < -0.39 is 47.5 Å². The number of thioether (sulfide) groups is 2. The van der Waals surface area contributed by atoms with Gasteiger partial charge in [-0.2, -0.15) is 5.26 Å². The summed E-state index contributed by atoms with van der Waals surface area (Å²) in [5.41, 5.74) is 4.77. The van der Waals surface area contributed by atoms with Crippen LogP contribution in [0.15, 0.2) is 11.3 Å². The topological polar surface area (TPSA) is 180 Å². The Labute approximate surface area is 161 Å². The fourth-order valence-electron chi connectivity index (χ4n) is 2.52. The van der Waals surface area contributed by atoms with E-state index in [1.807, 2.05) is 0 Å². The van der Waals surface area contributed by atoms with E-state index in [4.69, 9.17) is 11.0 Å². The molecule has 27 heavy (non-hydrogen) atoms. The van der Waals surface area contributed by atoms with Crippen LogP contribution in [0.5, 0.6) is 0 Å². The molecule has 0 aromatic rings. The Balaban J connectivity index is 2.03. The van der Waals surface area contributed by atoms with E-state index in [0.29, 0.717) is 11.8 Å². The zero-order chi connectivity index (χ0) is 20.1. The first-order valence-electron chi connectivity index (χ1n) is 7.40. The van der Waals surface area contributed by atoms with Crippen molar-refractivity contribution in [1.29, 1.82) is 5.26 Å². The predicted molar refractivity (Wildman–Crippen MR) is 92.9 cm³/mol. The first-order chi connectivity index (χ1) is 12.8. The minimum Gasteiger partial charge on any atom is -0.477 e. The molecule has 2 heterocycles. The van der Waals surface area contributed by atoms with E-state index in [9.17, 15) is 29.1 Å². The highest BCUT2D eigenvalue weighted by Crippen LogP contribution is 2.40. The highest BCUT2D eigenvalue weighted by Gasteiger charge is 2.54. The van der Waals surface area contributed by atoms with Gasteiger partial charge in [-0.1, -0.05) is 0 Å². The number of carbonyl (C=O) groups excluding carboxylic acids is 4. The normalized spacial score (nSPS) is 20.9. The second-order valence-corrected chi connectivity index (χ2v) is 7.28. The lowest BCUT2D eigenvalue weighted by atomic mass is 10.0. The number of thiocyanates is 1. The van der Waals surface area contributed by atoms with Gasteiger partial charge >= 0.3 is 12.1 Å². The van der Waals surface area contributed by atoms with Crippen molar-refractivity contribution in [2.24, 2.45) is 5.73 Å². The number of nitrogens with one attached hydrogen (secondary N) is 1. The number of hydrogen-bond donors (Lipinski definition) is 3. The summed E-state index contributed by atoms with van der Waals surface area (Å²) < 4.78 is 4.61. The molecule has 11 nitrogen and oxygen atoms in total. The van der Waals surface area contributed by atoms with E-state index in [1.54, 1.807) is 5.40 Å². The Morgan fingerprint density at radius 3 is 2.74 bits per heavy atom. The highest BCUT2D eigenvalue weighted by atomic mass is 32.2. The van der Waals surface area contributed by atoms with Gasteiger partial charge in [0.2, 0.25) is 5.91 Å². The van der Waals surface area contributed by atoms with Crippen molar-refractivity contribution >= 4 is 53.2 Å². The second-order valence-electron chi connectivity index (χ2n) is 5.42. The van der Waals surface area contributed by atoms with Crippen molar-refractivity contribution in [3.05, 3.63) is 11.3 Å². The number of carboxylic acids is 1. The maximum absolute atomic E-state index is 12.3. The zero-order valence-electron chi connectivity index (χ0n) is 13.7. The lowest BCUT2D eigenvalue weighted by Gasteiger charge is -2.49. The number of amides is 3. The van der Waals surface area contributed by atoms with E-state index >= 15 is 0 Å². The number of nitriles is 1. The van der Waals surface area contributed by atoms with Gasteiger partial charge in [-0.25, -0.2) is 9.59 Å². The number of Topliss-reactive ketones (excluding diaryl/α,β-unsaturated/α-hetero) is 1. The van der Waals surface area contributed by atoms with Crippen molar-refractivity contribution < 1.29 is 33.8 Å². The molecule has 2 aliphatic heterocycles. The molecule has 4 N–H and O–H groups in total. The number of primary amides is 1. The Kier molecular flexibility index (Phi) is 6.70. The molecule has 0 spiro atoms. The van der Waals surface area contributed by atoms with Crippen LogP contribution >= 0.6 is 23.5 Å². The van der Waals surface area contributed by atoms with Gasteiger partial charge in [0, 0.05) is 11.3 Å². The summed E-state index contributed by atoms with van der Waals surface area (Å²) in [6.07, 6.45) is -1.55. The molecule has 13 heteroatoms. The molecule has 0 saturated carbocycles. The maximum Gasteiger partial charge on any atom is 0.404 e. The monoisotopic (exact) mass is 414 g/mol. The summed E-state index contributed by atoms with van der Waals surface area (Å²) in [6, 6.07) is -0.966. The number of carbonyl (C=O) groups is 5. The Hall–Kier alpha value is -2.72. The van der Waals surface area contributed by atoms with Crippen LogP contribution < -0.4 is 11.1 Å². The van der Waals surface area contributed by atoms with Crippen LogP contribution in [-0.2, 0) is 23.9 Å². The lowest BCUT2D eigenvalue weighted by molar-refractivity contribution is -0.151. The molecule has 0 bridgehead atoms. The Bertz CT molecular complexity index is 776. The van der Waals surface area contributed by atoms with E-state index in [-0.39, 0.29) is 29.4 Å². The summed E-state index contributed by atoms with van der Waals surface area (Å²) >= 11 is 1.89. The molecule has 1 saturated heterocycles. The third-order valence-electron chi connectivity index (χ3n) is 3.61. The first-order valence-corrected chi connectivity index (χ1v) is 9.43. The number of hydrogen-bond acceptors (Lipinski definition) is 9. The number of fused-ring (bicyclic) bond motifs is 1. The number of rotatable bonds is 8. The number of β-lactam (4-membered cyclic amide) rings is 1. The molecule has 0 aliphatic carbocycles. The van der Waals surface area contributed by atoms with Gasteiger partial charge in [0.05, 0.1) is 12.2 Å². The van der Waals surface area contributed by atoms with Crippen molar-refractivity contribution in [2.75, 3.05) is 18.1 Å². The number of nitrogens with two attached hydrogens (primary N) is 1. The minimum absolute atomic E-state index is 0.137. The molecule has 2 atom stereocenters. The summed E-state index contributed by atoms with van der Waals surface area (Å²) in [6.45, 7) is -0.359. The molecular formula is C14H14N4O7S2. The SMILES string of the molecule is N#CSCC(=O)CC(=O)NC1C(=O)N2C(C(=O)O)=C(COC(N)=O)CS[C@@H]12. The number of carboxylic acid groups (broad SMARTS) is 1. The van der Waals surface area contributed by atoms with E-state index in [1.165, 1.54) is 11.8 Å². The highest BCUT2D eigenvalue weighted by molar-refractivity contribution is 8.04. The predicted octanol–water partition coefficient (Wildman–Crippen LogP) is -1.01. The quantitative estimate of drug-likeness (QED) is 0.253. The van der Waals surface area contributed by atoms with Gasteiger partial charge in [-0.15, -0.1) is 11.8 Å². The van der Waals surface area contributed by atoms with Crippen molar-refractivity contribution in [2.45, 2.75) is 17.8 Å². The van der Waals surface area contributed by atoms with Gasteiger partial charge in [0.1, 0.15) is 29.1 Å². The van der Waals surface area contributed by atoms with Gasteiger partial charge < -0.3 is 20.9 Å². The van der Waals surface area contributed by atoms with Crippen LogP contribution in [-0.4, -0.2) is 69.2 Å². The number of aliphatic carboxylic acids is 1. The van der Waals surface area contributed by atoms with Crippen molar-refractivity contribution in [1.82, 2.24) is 10.2 Å². The zero-order valence-corrected chi connectivity index (χ0v) is 15.3. The molecule has 0 radical (unpaired) electrons. The van der Waals surface area contributed by atoms with E-state index in [0.717, 1.165) is 4.90 Å². The molecule has 1 fully saturated rings. The molecular weight excluding hydrogens is 400 g/mol. The average molecular weight is 414 g/mol. The third-order valence-corrected chi connectivity index (χ3v) is 5.55. The second kappa shape index (κ2) is 8.78. The molecule has 2 rings (SSSR count). The summed E-state index contributed by atoms with van der Waals surface area (Å²) in [4.78, 5) is 59.0. The van der Waals surface area contributed by atoms with Crippen molar-refractivity contribution in [3.8, 4) is 5.40 Å². The molecule has 1 unspecified atom stereocenters. The number of ether oxygens (including phenoxy) is 1. The smallest absolute Gasteiger partial charge is 0.404 e. The van der Waals surface area contributed by atoms with Gasteiger partial charge in [0.15, 0.2) is 5.78 Å². The molecule has 0 aromatic heterocycles. The summed E-state index contributed by atoms with van der Waals surface area (Å²) in [7, 11) is 0. The Morgan fingerprint density at radius 1 is 1.44 bits per heavy atom. The van der Waals surface area contributed by atoms with Crippen LogP contribution in [0.4, 0.5) is 4.79 Å². The molecule has 3 amide bonds. The molecule has 0 aromatic carbocycles. The molecule has 144 valence electrons. The van der Waals surface area contributed by atoms with Crippen molar-refractivity contribution in [3.63, 3.8) is 0 Å². The average Bonchev–Trinajstić information content (AvgIpc) is 2.61. The first kappa shape index (κ1) is 20.6. The van der Waals surface area contributed by atoms with Gasteiger partial charge in [-0.05, 0) is 11.8 Å². The summed E-state index contributed by atoms with van der Waals surface area (Å²) in [5, 5.41) is 21.3. The van der Waals surface area contributed by atoms with Crippen LogP contribution in [0.3, 0.4) is 0 Å². The third kappa shape index (κ3) is 4.72. The van der Waals surface area contributed by atoms with Crippen LogP contribution in [0.2, 0.25) is 0 Å². The van der Waals surface area contributed by atoms with E-state index in [2.05, 4.69) is 10.1 Å². The maximum atomic E-state index is 12.3. The largest absolute Gasteiger partial charge is 0.477 e. The number of nitrogens with zero attached hydrogens (tertiary/aromatic N) is 2. The fraction of sp³-hybridized carbons (Fsp3) is 0.429. The molecule has 2 aliphatic rings.